The van der Waals surface area contributed by atoms with E-state index >= 15 is 4.79 Å². The van der Waals surface area contributed by atoms with Crippen molar-refractivity contribution >= 4 is 69.2 Å². The van der Waals surface area contributed by atoms with E-state index in [0.29, 0.717) is 27.5 Å². The molecule has 2 heterocycles. The summed E-state index contributed by atoms with van der Waals surface area (Å²) in [6, 6.07) is 23.9. The summed E-state index contributed by atoms with van der Waals surface area (Å²) < 4.78 is 20.6. The average molecular weight is 818 g/mol. The molecule has 4 amide bonds. The number of aromatic hydroxyl groups is 1. The normalized spacial score (nSPS) is 26.8. The van der Waals surface area contributed by atoms with Crippen molar-refractivity contribution < 1.29 is 33.4 Å². The number of carbonyl (C=O) groups excluding carboxylic acids is 4. The number of allylic oxidation sites excluding steroid dienone is 2. The van der Waals surface area contributed by atoms with Crippen LogP contribution in [-0.4, -0.2) is 40.9 Å². The molecule has 4 aliphatic rings. The minimum Gasteiger partial charge on any atom is -0.508 e. The third-order valence-corrected chi connectivity index (χ3v) is 11.8. The number of nitrogens with zero attached hydrogens (tertiary/aromatic N) is 2. The second kappa shape index (κ2) is 12.5. The van der Waals surface area contributed by atoms with E-state index in [-0.39, 0.29) is 36.2 Å². The first kappa shape index (κ1) is 33.4. The number of imide groups is 2. The van der Waals surface area contributed by atoms with Crippen molar-refractivity contribution in [3.8, 4) is 11.5 Å². The number of methoxy groups -OCH3 is 1. The molecule has 0 aromatic heterocycles. The van der Waals surface area contributed by atoms with Gasteiger partial charge in [-0.1, -0.05) is 41.4 Å². The number of nitrogens with one attached hydrogen (secondary N) is 1. The van der Waals surface area contributed by atoms with E-state index in [9.17, 15) is 23.9 Å². The second-order valence-corrected chi connectivity index (χ2v) is 15.0. The lowest BCUT2D eigenvalue weighted by molar-refractivity contribution is -0.138. The van der Waals surface area contributed by atoms with Gasteiger partial charge in [0.2, 0.25) is 11.8 Å². The maximum Gasteiger partial charge on any atom is 0.260 e. The number of carbonyl (C=O) groups is 4. The number of ether oxygens (including phenoxy) is 1. The average Bonchev–Trinajstić information content (AvgIpc) is 3.50. The summed E-state index contributed by atoms with van der Waals surface area (Å²) in [5.41, 5.74) is 3.95. The molecule has 0 unspecified atom stereocenters. The molecule has 9 nitrogen and oxygen atoms in total. The largest absolute Gasteiger partial charge is 0.508 e. The highest BCUT2D eigenvalue weighted by Crippen LogP contribution is 2.65. The quantitative estimate of drug-likeness (QED) is 0.123. The van der Waals surface area contributed by atoms with Crippen LogP contribution in [0.1, 0.15) is 29.9 Å². The fourth-order valence-corrected chi connectivity index (χ4v) is 9.27. The Labute approximate surface area is 311 Å². The van der Waals surface area contributed by atoms with Crippen molar-refractivity contribution in [2.45, 2.75) is 24.2 Å². The van der Waals surface area contributed by atoms with Crippen LogP contribution < -0.4 is 15.1 Å². The van der Waals surface area contributed by atoms with Crippen LogP contribution in [0.5, 0.6) is 11.5 Å². The number of phenolic OH excluding ortho intramolecular Hbond substituents is 1. The number of amides is 4. The first-order valence-electron chi connectivity index (χ1n) is 16.4. The van der Waals surface area contributed by atoms with E-state index in [1.165, 1.54) is 48.4 Å². The summed E-state index contributed by atoms with van der Waals surface area (Å²) in [7, 11) is 1.46. The molecule has 0 radical (unpaired) electrons. The highest BCUT2D eigenvalue weighted by atomic mass is 127. The Morgan fingerprint density at radius 3 is 2.29 bits per heavy atom. The Hall–Kier alpha value is -4.75. The lowest BCUT2D eigenvalue weighted by atomic mass is 9.49. The Balaban J connectivity index is 1.34. The summed E-state index contributed by atoms with van der Waals surface area (Å²) in [5, 5.41) is 11.9. The van der Waals surface area contributed by atoms with Gasteiger partial charge in [-0.2, -0.15) is 5.01 Å². The number of rotatable bonds is 6. The number of hydrogen-bond donors (Lipinski definition) is 2. The van der Waals surface area contributed by atoms with Crippen molar-refractivity contribution in [3.05, 3.63) is 128 Å². The molecule has 3 fully saturated rings. The number of benzene rings is 4. The van der Waals surface area contributed by atoms with E-state index in [1.807, 2.05) is 18.2 Å². The Bertz CT molecular complexity index is 2140. The summed E-state index contributed by atoms with van der Waals surface area (Å²) >= 11 is 8.52. The third-order valence-electron chi connectivity index (χ3n) is 10.9. The van der Waals surface area contributed by atoms with Crippen LogP contribution in [0.2, 0.25) is 5.02 Å². The van der Waals surface area contributed by atoms with Gasteiger partial charge < -0.3 is 9.84 Å². The van der Waals surface area contributed by atoms with Gasteiger partial charge in [0.05, 0.1) is 41.7 Å². The number of hydrogen-bond acceptors (Lipinski definition) is 7. The van der Waals surface area contributed by atoms with Crippen molar-refractivity contribution in [1.29, 1.82) is 0 Å². The molecule has 2 aliphatic heterocycles. The fraction of sp³-hybridized carbons (Fsp3) is 0.231. The van der Waals surface area contributed by atoms with E-state index < -0.39 is 52.6 Å². The molecule has 0 spiro atoms. The number of phenols is 1. The standard InChI is InChI=1S/C39H30ClFIN3O6/c1-51-32-18-26(46)14-15-28(32)34-27-16-17-29-33(37(49)44(35(29)47)25-12-8-23(42)9-13-25)30(27)19-31-36(48)45(43-24-10-6-22(41)7-11-24)38(50)39(31,34)20-2-4-21(40)5-3-20/h2-16,18,29-31,33-34,43,46H,17,19H2,1H3/t29-,30+,31-,33-,34+,39+/m0/s1. The van der Waals surface area contributed by atoms with Gasteiger partial charge >= 0.3 is 0 Å². The fourth-order valence-electron chi connectivity index (χ4n) is 8.78. The molecule has 2 aliphatic carbocycles. The predicted molar refractivity (Wildman–Crippen MR) is 195 cm³/mol. The van der Waals surface area contributed by atoms with Crippen LogP contribution in [0.4, 0.5) is 15.8 Å². The van der Waals surface area contributed by atoms with Crippen LogP contribution in [0.15, 0.2) is 103 Å². The lowest BCUT2D eigenvalue weighted by Crippen LogP contribution is -2.53. The van der Waals surface area contributed by atoms with Gasteiger partial charge in [-0.25, -0.2) is 4.39 Å². The van der Waals surface area contributed by atoms with E-state index in [4.69, 9.17) is 16.3 Å². The summed E-state index contributed by atoms with van der Waals surface area (Å²) in [6.45, 7) is 0. The smallest absolute Gasteiger partial charge is 0.260 e. The van der Waals surface area contributed by atoms with Crippen LogP contribution in [0, 0.1) is 33.1 Å². The minimum absolute atomic E-state index is 0.0594. The van der Waals surface area contributed by atoms with Gasteiger partial charge in [-0.3, -0.25) is 29.5 Å². The highest BCUT2D eigenvalue weighted by Gasteiger charge is 2.70. The van der Waals surface area contributed by atoms with E-state index in [2.05, 4.69) is 28.0 Å². The first-order valence-corrected chi connectivity index (χ1v) is 17.9. The highest BCUT2D eigenvalue weighted by molar-refractivity contribution is 14.1. The molecule has 4 aromatic carbocycles. The van der Waals surface area contributed by atoms with Gasteiger partial charge in [0.1, 0.15) is 17.3 Å². The van der Waals surface area contributed by atoms with Crippen molar-refractivity contribution in [2.75, 3.05) is 17.4 Å². The van der Waals surface area contributed by atoms with Crippen LogP contribution in [0.25, 0.3) is 0 Å². The molecule has 4 aromatic rings. The van der Waals surface area contributed by atoms with Crippen molar-refractivity contribution in [1.82, 2.24) is 5.01 Å². The molecular formula is C39H30ClFIN3O6. The Morgan fingerprint density at radius 1 is 0.902 bits per heavy atom. The summed E-state index contributed by atoms with van der Waals surface area (Å²) in [5.74, 6) is -5.91. The first-order chi connectivity index (χ1) is 24.5. The van der Waals surface area contributed by atoms with Gasteiger partial charge in [0, 0.05) is 26.1 Å². The maximum absolute atomic E-state index is 15.3. The molecule has 12 heteroatoms. The molecule has 6 atom stereocenters. The molecule has 2 saturated heterocycles. The SMILES string of the molecule is COc1cc(O)ccc1[C@H]1C2=CC[C@@H]3C(=O)N(c4ccc(I)cc4)C(=O)[C@@H]3[C@@H]2C[C@H]2C(=O)N(Nc3ccc(F)cc3)C(=O)[C@@]12c1ccc(Cl)cc1. The minimum atomic E-state index is -1.57. The van der Waals surface area contributed by atoms with E-state index in [1.54, 1.807) is 42.5 Å². The number of fused-ring (bicyclic) bond motifs is 4. The van der Waals surface area contributed by atoms with Crippen LogP contribution >= 0.6 is 34.2 Å². The topological polar surface area (TPSA) is 116 Å². The lowest BCUT2D eigenvalue weighted by Gasteiger charge is -2.50. The number of hydrazine groups is 1. The maximum atomic E-state index is 15.3. The van der Waals surface area contributed by atoms with Gasteiger partial charge in [0.15, 0.2) is 0 Å². The summed E-state index contributed by atoms with van der Waals surface area (Å²) in [6.07, 6.45) is 2.30. The molecule has 2 N–H and O–H groups in total. The molecule has 1 saturated carbocycles. The Morgan fingerprint density at radius 2 is 1.61 bits per heavy atom. The zero-order valence-corrected chi connectivity index (χ0v) is 30.0. The van der Waals surface area contributed by atoms with Crippen LogP contribution in [0.3, 0.4) is 0 Å². The number of anilines is 2. The molecular weight excluding hydrogens is 788 g/mol. The third kappa shape index (κ3) is 5.07. The zero-order chi connectivity index (χ0) is 35.8. The van der Waals surface area contributed by atoms with Gasteiger partial charge in [-0.05, 0) is 114 Å². The molecule has 258 valence electrons. The molecule has 8 rings (SSSR count). The van der Waals surface area contributed by atoms with Gasteiger partial charge in [0.25, 0.3) is 11.8 Å². The van der Waals surface area contributed by atoms with Crippen LogP contribution in [-0.2, 0) is 24.6 Å². The number of halogens is 3. The Kier molecular flexibility index (Phi) is 8.17. The monoisotopic (exact) mass is 817 g/mol. The van der Waals surface area contributed by atoms with E-state index in [0.717, 1.165) is 14.2 Å². The van der Waals surface area contributed by atoms with Gasteiger partial charge in [-0.15, -0.1) is 0 Å². The zero-order valence-electron chi connectivity index (χ0n) is 27.1. The molecule has 0 bridgehead atoms. The molecule has 51 heavy (non-hydrogen) atoms. The predicted octanol–water partition coefficient (Wildman–Crippen LogP) is 6.99. The van der Waals surface area contributed by atoms with Crippen molar-refractivity contribution in [2.24, 2.45) is 23.7 Å². The summed E-state index contributed by atoms with van der Waals surface area (Å²) in [4.78, 5) is 59.7. The van der Waals surface area contributed by atoms with Crippen molar-refractivity contribution in [3.63, 3.8) is 0 Å². The second-order valence-electron chi connectivity index (χ2n) is 13.3.